The average molecular weight is 272 g/mol. The van der Waals surface area contributed by atoms with Crippen LogP contribution < -0.4 is 5.32 Å². The Morgan fingerprint density at radius 1 is 1.57 bits per heavy atom. The minimum Gasteiger partial charge on any atom is -0.380 e. The summed E-state index contributed by atoms with van der Waals surface area (Å²) in [6.45, 7) is 4.05. The lowest BCUT2D eigenvalue weighted by molar-refractivity contribution is 1.31. The summed E-state index contributed by atoms with van der Waals surface area (Å²) in [6, 6.07) is 7.45. The maximum absolute atomic E-state index is 8.72. The summed E-state index contributed by atoms with van der Waals surface area (Å²) >= 11 is 8.92. The molecule has 0 unspecified atom stereocenters. The van der Waals surface area contributed by atoms with Crippen molar-refractivity contribution < 1.29 is 0 Å². The second-order valence-electron chi connectivity index (χ2n) is 2.71. The molecule has 72 valence electrons. The van der Waals surface area contributed by atoms with E-state index >= 15 is 0 Å². The van der Waals surface area contributed by atoms with E-state index in [1.54, 1.807) is 12.1 Å². The molecule has 0 fully saturated rings. The normalized spacial score (nSPS) is 9.21. The van der Waals surface area contributed by atoms with E-state index in [1.807, 2.05) is 6.07 Å². The molecule has 0 saturated heterocycles. The lowest BCUT2D eigenvalue weighted by Gasteiger charge is -2.05. The fraction of sp³-hybridized carbons (Fsp3) is 0.100. The molecule has 1 aromatic carbocycles. The van der Waals surface area contributed by atoms with E-state index in [1.165, 1.54) is 0 Å². The van der Waals surface area contributed by atoms with E-state index < -0.39 is 0 Å². The highest BCUT2D eigenvalue weighted by Gasteiger charge is 1.98. The van der Waals surface area contributed by atoms with E-state index in [-0.39, 0.29) is 0 Å². The maximum Gasteiger partial charge on any atom is 0.0992 e. The molecule has 0 bridgehead atoms. The smallest absolute Gasteiger partial charge is 0.0992 e. The van der Waals surface area contributed by atoms with Crippen molar-refractivity contribution >= 4 is 33.2 Å². The summed E-state index contributed by atoms with van der Waals surface area (Å²) in [6.07, 6.45) is 0. The lowest BCUT2D eigenvalue weighted by atomic mass is 10.2. The molecule has 0 heterocycles. The topological polar surface area (TPSA) is 35.8 Å². The van der Waals surface area contributed by atoms with Gasteiger partial charge in [0.25, 0.3) is 0 Å². The third-order valence-electron chi connectivity index (χ3n) is 1.51. The summed E-state index contributed by atoms with van der Waals surface area (Å²) in [5.41, 5.74) is 1.44. The van der Waals surface area contributed by atoms with Crippen molar-refractivity contribution in [1.29, 1.82) is 5.26 Å². The molecular formula is C10H8BrClN2. The number of benzene rings is 1. The van der Waals surface area contributed by atoms with Crippen molar-refractivity contribution in [2.24, 2.45) is 0 Å². The van der Waals surface area contributed by atoms with Gasteiger partial charge in [-0.25, -0.2) is 0 Å². The molecule has 1 aromatic rings. The minimum absolute atomic E-state index is 0.489. The van der Waals surface area contributed by atoms with Crippen LogP contribution in [0.1, 0.15) is 5.56 Å². The number of hydrogen-bond acceptors (Lipinski definition) is 2. The summed E-state index contributed by atoms with van der Waals surface area (Å²) in [5, 5.41) is 12.3. The van der Waals surface area contributed by atoms with Crippen LogP contribution >= 0.6 is 27.5 Å². The Morgan fingerprint density at radius 3 is 2.86 bits per heavy atom. The van der Waals surface area contributed by atoms with Crippen molar-refractivity contribution in [3.05, 3.63) is 39.8 Å². The van der Waals surface area contributed by atoms with Gasteiger partial charge in [-0.15, -0.1) is 0 Å². The van der Waals surface area contributed by atoms with Crippen LogP contribution in [-0.2, 0) is 0 Å². The van der Waals surface area contributed by atoms with Crippen molar-refractivity contribution in [3.63, 3.8) is 0 Å². The molecule has 0 aliphatic carbocycles. The van der Waals surface area contributed by atoms with Gasteiger partial charge >= 0.3 is 0 Å². The van der Waals surface area contributed by atoms with Crippen LogP contribution in [0.4, 0.5) is 5.69 Å². The van der Waals surface area contributed by atoms with Crippen LogP contribution in [0.15, 0.2) is 34.3 Å². The van der Waals surface area contributed by atoms with Crippen LogP contribution in [0.5, 0.6) is 0 Å². The first-order valence-electron chi connectivity index (χ1n) is 3.89. The predicted molar refractivity (Wildman–Crippen MR) is 62.3 cm³/mol. The molecular weight excluding hydrogens is 263 g/mol. The lowest BCUT2D eigenvalue weighted by Crippen LogP contribution is -2.00. The number of halogens is 2. The Hall–Kier alpha value is -0.980. The Labute approximate surface area is 96.3 Å². The first kappa shape index (κ1) is 11.1. The summed E-state index contributed by atoms with van der Waals surface area (Å²) in [7, 11) is 0. The first-order valence-corrected chi connectivity index (χ1v) is 5.07. The fourth-order valence-corrected chi connectivity index (χ4v) is 1.51. The van der Waals surface area contributed by atoms with E-state index in [4.69, 9.17) is 16.9 Å². The zero-order valence-corrected chi connectivity index (χ0v) is 9.69. The van der Waals surface area contributed by atoms with Gasteiger partial charge in [0.1, 0.15) is 0 Å². The standard InChI is InChI=1S/C10H8BrClN2/c1-7(12)6-14-10-3-8(5-13)2-9(11)4-10/h2-4,14H,1,6H2. The van der Waals surface area contributed by atoms with Crippen LogP contribution in [0.25, 0.3) is 0 Å². The van der Waals surface area contributed by atoms with Gasteiger partial charge in [0.05, 0.1) is 18.2 Å². The second-order valence-corrected chi connectivity index (χ2v) is 4.16. The maximum atomic E-state index is 8.72. The highest BCUT2D eigenvalue weighted by atomic mass is 79.9. The fourth-order valence-electron chi connectivity index (χ4n) is 0.954. The second kappa shape index (κ2) is 5.04. The molecule has 4 heteroatoms. The molecule has 0 amide bonds. The number of nitrogens with zero attached hydrogens (tertiary/aromatic N) is 1. The van der Waals surface area contributed by atoms with Gasteiger partial charge in [-0.1, -0.05) is 34.1 Å². The number of hydrogen-bond donors (Lipinski definition) is 1. The molecule has 1 rings (SSSR count). The minimum atomic E-state index is 0.489. The highest BCUT2D eigenvalue weighted by molar-refractivity contribution is 9.10. The van der Waals surface area contributed by atoms with Crippen molar-refractivity contribution in [2.45, 2.75) is 0 Å². The van der Waals surface area contributed by atoms with Crippen molar-refractivity contribution in [3.8, 4) is 6.07 Å². The first-order chi connectivity index (χ1) is 6.61. The zero-order chi connectivity index (χ0) is 10.6. The largest absolute Gasteiger partial charge is 0.380 e. The van der Waals surface area contributed by atoms with Gasteiger partial charge in [0.15, 0.2) is 0 Å². The van der Waals surface area contributed by atoms with E-state index in [2.05, 4.69) is 33.9 Å². The molecule has 0 aliphatic rings. The van der Waals surface area contributed by atoms with Crippen LogP contribution in [0, 0.1) is 11.3 Å². The number of nitriles is 1. The third kappa shape index (κ3) is 3.41. The zero-order valence-electron chi connectivity index (χ0n) is 7.35. The summed E-state index contributed by atoms with van der Waals surface area (Å²) < 4.78 is 0.860. The monoisotopic (exact) mass is 270 g/mol. The van der Waals surface area contributed by atoms with Crippen LogP contribution in [0.2, 0.25) is 0 Å². The molecule has 14 heavy (non-hydrogen) atoms. The number of nitrogens with one attached hydrogen (secondary N) is 1. The summed E-state index contributed by atoms with van der Waals surface area (Å²) in [4.78, 5) is 0. The predicted octanol–water partition coefficient (Wildman–Crippen LogP) is 3.49. The molecule has 0 radical (unpaired) electrons. The highest BCUT2D eigenvalue weighted by Crippen LogP contribution is 2.19. The van der Waals surface area contributed by atoms with Gasteiger partial charge in [0.2, 0.25) is 0 Å². The number of anilines is 1. The average Bonchev–Trinajstić information content (AvgIpc) is 2.14. The SMILES string of the molecule is C=C(Cl)CNc1cc(Br)cc(C#N)c1. The Balaban J connectivity index is 2.82. The Bertz CT molecular complexity index is 396. The van der Waals surface area contributed by atoms with E-state index in [9.17, 15) is 0 Å². The molecule has 1 N–H and O–H groups in total. The van der Waals surface area contributed by atoms with Crippen LogP contribution in [-0.4, -0.2) is 6.54 Å². The van der Waals surface area contributed by atoms with Gasteiger partial charge < -0.3 is 5.32 Å². The summed E-state index contributed by atoms with van der Waals surface area (Å²) in [5.74, 6) is 0. The molecule has 0 saturated carbocycles. The van der Waals surface area contributed by atoms with Gasteiger partial charge in [-0.2, -0.15) is 5.26 Å². The Kier molecular flexibility index (Phi) is 3.99. The van der Waals surface area contributed by atoms with Gasteiger partial charge in [-0.05, 0) is 18.2 Å². The van der Waals surface area contributed by atoms with Crippen molar-refractivity contribution in [1.82, 2.24) is 0 Å². The van der Waals surface area contributed by atoms with Gasteiger partial charge in [-0.3, -0.25) is 0 Å². The third-order valence-corrected chi connectivity index (χ3v) is 2.10. The molecule has 0 atom stereocenters. The quantitative estimate of drug-likeness (QED) is 0.913. The molecule has 0 aliphatic heterocycles. The molecule has 0 spiro atoms. The van der Waals surface area contributed by atoms with Crippen molar-refractivity contribution in [2.75, 3.05) is 11.9 Å². The Morgan fingerprint density at radius 2 is 2.29 bits per heavy atom. The van der Waals surface area contributed by atoms with Gasteiger partial charge in [0, 0.05) is 15.2 Å². The molecule has 2 nitrogen and oxygen atoms in total. The van der Waals surface area contributed by atoms with E-state index in [0.717, 1.165) is 10.2 Å². The van der Waals surface area contributed by atoms with E-state index in [0.29, 0.717) is 17.1 Å². The van der Waals surface area contributed by atoms with Crippen LogP contribution in [0.3, 0.4) is 0 Å². The molecule has 0 aromatic heterocycles. The number of rotatable bonds is 3.